The van der Waals surface area contributed by atoms with Gasteiger partial charge >= 0.3 is 6.09 Å². The molecule has 0 unspecified atom stereocenters. The van der Waals surface area contributed by atoms with Crippen LogP contribution in [0.3, 0.4) is 0 Å². The Balaban J connectivity index is 2.26. The van der Waals surface area contributed by atoms with Crippen molar-refractivity contribution >= 4 is 6.09 Å². The third-order valence-electron chi connectivity index (χ3n) is 3.46. The van der Waals surface area contributed by atoms with Gasteiger partial charge in [-0.15, -0.1) is 0 Å². The molecule has 1 aromatic rings. The third kappa shape index (κ3) is 2.62. The number of amides is 1. The molecule has 0 aromatic carbocycles. The number of nitrogens with zero attached hydrogens (tertiary/aromatic N) is 4. The minimum atomic E-state index is -0.518. The van der Waals surface area contributed by atoms with Gasteiger partial charge in [0.25, 0.3) is 0 Å². The van der Waals surface area contributed by atoms with Crippen molar-refractivity contribution in [2.75, 3.05) is 0 Å². The highest BCUT2D eigenvalue weighted by Crippen LogP contribution is 2.28. The highest BCUT2D eigenvalue weighted by atomic mass is 16.6. The van der Waals surface area contributed by atoms with Gasteiger partial charge < -0.3 is 4.74 Å². The molecule has 1 aliphatic heterocycles. The Morgan fingerprint density at radius 3 is 2.65 bits per heavy atom. The Kier molecular flexibility index (Phi) is 3.46. The molecule has 1 amide bonds. The highest BCUT2D eigenvalue weighted by molar-refractivity contribution is 5.68. The van der Waals surface area contributed by atoms with Gasteiger partial charge in [-0.1, -0.05) is 0 Å². The van der Waals surface area contributed by atoms with Crippen LogP contribution in [-0.4, -0.2) is 32.4 Å². The molecular weight excluding hydrogens is 256 g/mol. The first-order valence-electron chi connectivity index (χ1n) is 6.71. The predicted octanol–water partition coefficient (Wildman–Crippen LogP) is 2.45. The summed E-state index contributed by atoms with van der Waals surface area (Å²) in [6, 6.07) is 3.73. The van der Waals surface area contributed by atoms with Crippen LogP contribution in [0.4, 0.5) is 4.79 Å². The molecule has 6 heteroatoms. The van der Waals surface area contributed by atoms with Crippen molar-refractivity contribution in [2.45, 2.75) is 58.8 Å². The van der Waals surface area contributed by atoms with Gasteiger partial charge in [0.1, 0.15) is 11.7 Å². The van der Waals surface area contributed by atoms with Gasteiger partial charge in [0, 0.05) is 0 Å². The van der Waals surface area contributed by atoms with Crippen LogP contribution in [0.1, 0.15) is 52.0 Å². The van der Waals surface area contributed by atoms with E-state index in [0.717, 1.165) is 5.69 Å². The average Bonchev–Trinajstić information content (AvgIpc) is 2.74. The Labute approximate surface area is 118 Å². The summed E-state index contributed by atoms with van der Waals surface area (Å²) in [4.78, 5) is 14.0. The van der Waals surface area contributed by atoms with E-state index in [4.69, 9.17) is 10.00 Å². The molecule has 0 radical (unpaired) electrons. The molecule has 0 N–H and O–H groups in total. The van der Waals surface area contributed by atoms with Crippen molar-refractivity contribution in [3.8, 4) is 6.07 Å². The van der Waals surface area contributed by atoms with Gasteiger partial charge in [0.2, 0.25) is 0 Å². The average molecular weight is 276 g/mol. The maximum absolute atomic E-state index is 12.3. The Bertz CT molecular complexity index is 565. The number of ether oxygens (including phenoxy) is 1. The lowest BCUT2D eigenvalue weighted by Crippen LogP contribution is -2.48. The lowest BCUT2D eigenvalue weighted by atomic mass is 10.1. The molecule has 0 bridgehead atoms. The third-order valence-corrected chi connectivity index (χ3v) is 3.46. The van der Waals surface area contributed by atoms with Crippen LogP contribution < -0.4 is 0 Å². The molecule has 0 saturated carbocycles. The van der Waals surface area contributed by atoms with E-state index in [-0.39, 0.29) is 18.2 Å². The molecular formula is C14H20N4O2. The van der Waals surface area contributed by atoms with E-state index in [1.54, 1.807) is 11.0 Å². The minimum absolute atomic E-state index is 0.00775. The SMILES string of the molecule is C[C@@H]1[C@@H](C)n2nc(C#N)cc2CN1C(=O)OC(C)(C)C. The van der Waals surface area contributed by atoms with E-state index in [0.29, 0.717) is 12.2 Å². The fourth-order valence-corrected chi connectivity index (χ4v) is 2.29. The highest BCUT2D eigenvalue weighted by Gasteiger charge is 2.35. The fraction of sp³-hybridized carbons (Fsp3) is 0.643. The molecule has 1 aliphatic rings. The molecule has 2 atom stereocenters. The maximum Gasteiger partial charge on any atom is 0.410 e. The normalized spacial score (nSPS) is 22.1. The summed E-state index contributed by atoms with van der Waals surface area (Å²) in [6.45, 7) is 9.90. The molecule has 0 spiro atoms. The summed E-state index contributed by atoms with van der Waals surface area (Å²) < 4.78 is 7.26. The largest absolute Gasteiger partial charge is 0.444 e. The zero-order chi connectivity index (χ0) is 15.1. The lowest BCUT2D eigenvalue weighted by molar-refractivity contribution is 0.00409. The monoisotopic (exact) mass is 276 g/mol. The van der Waals surface area contributed by atoms with Crippen LogP contribution in [-0.2, 0) is 11.3 Å². The van der Waals surface area contributed by atoms with Crippen LogP contribution in [0.25, 0.3) is 0 Å². The van der Waals surface area contributed by atoms with Gasteiger partial charge in [-0.25, -0.2) is 4.79 Å². The Hall–Kier alpha value is -2.03. The van der Waals surface area contributed by atoms with Gasteiger partial charge in [-0.05, 0) is 40.7 Å². The molecule has 2 rings (SSSR count). The van der Waals surface area contributed by atoms with Crippen molar-refractivity contribution in [1.29, 1.82) is 5.26 Å². The maximum atomic E-state index is 12.3. The number of carbonyl (C=O) groups is 1. The van der Waals surface area contributed by atoms with Gasteiger partial charge in [0.05, 0.1) is 24.3 Å². The zero-order valence-electron chi connectivity index (χ0n) is 12.5. The van der Waals surface area contributed by atoms with E-state index in [9.17, 15) is 4.79 Å². The lowest BCUT2D eigenvalue weighted by Gasteiger charge is -2.38. The van der Waals surface area contributed by atoms with E-state index in [2.05, 4.69) is 5.10 Å². The van der Waals surface area contributed by atoms with Crippen molar-refractivity contribution in [1.82, 2.24) is 14.7 Å². The number of aromatic nitrogens is 2. The Morgan fingerprint density at radius 2 is 2.10 bits per heavy atom. The van der Waals surface area contributed by atoms with E-state index in [1.165, 1.54) is 0 Å². The summed E-state index contributed by atoms with van der Waals surface area (Å²) in [5, 5.41) is 13.2. The van der Waals surface area contributed by atoms with E-state index >= 15 is 0 Å². The zero-order valence-corrected chi connectivity index (χ0v) is 12.5. The van der Waals surface area contributed by atoms with Gasteiger partial charge in [0.15, 0.2) is 5.69 Å². The second kappa shape index (κ2) is 4.82. The Morgan fingerprint density at radius 1 is 1.45 bits per heavy atom. The van der Waals surface area contributed by atoms with Gasteiger partial charge in [-0.3, -0.25) is 9.58 Å². The van der Waals surface area contributed by atoms with Crippen LogP contribution in [0, 0.1) is 11.3 Å². The fourth-order valence-electron chi connectivity index (χ4n) is 2.29. The quantitative estimate of drug-likeness (QED) is 0.729. The predicted molar refractivity (Wildman–Crippen MR) is 72.9 cm³/mol. The second-order valence-corrected chi connectivity index (χ2v) is 6.17. The van der Waals surface area contributed by atoms with Crippen LogP contribution in [0.15, 0.2) is 6.07 Å². The van der Waals surface area contributed by atoms with Crippen LogP contribution in [0.2, 0.25) is 0 Å². The first-order valence-corrected chi connectivity index (χ1v) is 6.71. The topological polar surface area (TPSA) is 71.2 Å². The number of hydrogen-bond acceptors (Lipinski definition) is 4. The van der Waals surface area contributed by atoms with Crippen molar-refractivity contribution in [2.24, 2.45) is 0 Å². The number of carbonyl (C=O) groups excluding carboxylic acids is 1. The molecule has 0 fully saturated rings. The number of nitriles is 1. The number of hydrogen-bond donors (Lipinski definition) is 0. The second-order valence-electron chi connectivity index (χ2n) is 6.17. The van der Waals surface area contributed by atoms with E-state index < -0.39 is 5.60 Å². The summed E-state index contributed by atoms with van der Waals surface area (Å²) >= 11 is 0. The van der Waals surface area contributed by atoms with Crippen molar-refractivity contribution in [3.05, 3.63) is 17.5 Å². The first kappa shape index (κ1) is 14.4. The van der Waals surface area contributed by atoms with Crippen LogP contribution >= 0.6 is 0 Å². The molecule has 6 nitrogen and oxygen atoms in total. The number of fused-ring (bicyclic) bond motifs is 1. The summed E-state index contributed by atoms with van der Waals surface area (Å²) in [5.74, 6) is 0. The molecule has 0 aliphatic carbocycles. The van der Waals surface area contributed by atoms with E-state index in [1.807, 2.05) is 45.4 Å². The molecule has 1 aromatic heterocycles. The first-order chi connectivity index (χ1) is 9.23. The summed E-state index contributed by atoms with van der Waals surface area (Å²) in [6.07, 6.45) is -0.331. The van der Waals surface area contributed by atoms with Gasteiger partial charge in [-0.2, -0.15) is 10.4 Å². The standard InChI is InChI=1S/C14H20N4O2/c1-9-10(2)18-12(6-11(7-15)16-18)8-17(9)13(19)20-14(3,4)5/h6,9-10H,8H2,1-5H3/t9-,10-/m1/s1. The smallest absolute Gasteiger partial charge is 0.410 e. The minimum Gasteiger partial charge on any atom is -0.444 e. The summed E-state index contributed by atoms with van der Waals surface area (Å²) in [5.41, 5.74) is 0.721. The molecule has 0 saturated heterocycles. The van der Waals surface area contributed by atoms with Crippen molar-refractivity contribution in [3.63, 3.8) is 0 Å². The number of rotatable bonds is 0. The molecule has 2 heterocycles. The van der Waals surface area contributed by atoms with Crippen molar-refractivity contribution < 1.29 is 9.53 Å². The van der Waals surface area contributed by atoms with Crippen LogP contribution in [0.5, 0.6) is 0 Å². The molecule has 108 valence electrons. The molecule has 20 heavy (non-hydrogen) atoms. The summed E-state index contributed by atoms with van der Waals surface area (Å²) in [7, 11) is 0.